The monoisotopic (exact) mass is 363 g/mol. The van der Waals surface area contributed by atoms with Crippen molar-refractivity contribution in [3.63, 3.8) is 0 Å². The van der Waals surface area contributed by atoms with Crippen LogP contribution in [0.2, 0.25) is 10.0 Å². The molecule has 24 heavy (non-hydrogen) atoms. The summed E-state index contributed by atoms with van der Waals surface area (Å²) in [6, 6.07) is 11.6. The van der Waals surface area contributed by atoms with E-state index in [0.29, 0.717) is 21.4 Å². The highest BCUT2D eigenvalue weighted by atomic mass is 35.5. The van der Waals surface area contributed by atoms with E-state index in [9.17, 15) is 9.59 Å². The molecule has 7 heteroatoms. The lowest BCUT2D eigenvalue weighted by molar-refractivity contribution is -0.111. The van der Waals surface area contributed by atoms with Crippen LogP contribution in [0.1, 0.15) is 5.56 Å². The molecule has 3 amide bonds. The van der Waals surface area contributed by atoms with Gasteiger partial charge in [-0.15, -0.1) is 0 Å². The van der Waals surface area contributed by atoms with Gasteiger partial charge < -0.3 is 16.0 Å². The van der Waals surface area contributed by atoms with E-state index in [1.807, 2.05) is 0 Å². The van der Waals surface area contributed by atoms with Gasteiger partial charge in [-0.25, -0.2) is 4.79 Å². The van der Waals surface area contributed by atoms with E-state index in [0.717, 1.165) is 5.56 Å². The van der Waals surface area contributed by atoms with Crippen molar-refractivity contribution in [3.05, 3.63) is 64.1 Å². The van der Waals surface area contributed by atoms with E-state index in [2.05, 4.69) is 16.0 Å². The maximum atomic E-state index is 12.0. The van der Waals surface area contributed by atoms with Gasteiger partial charge in [0.25, 0.3) is 0 Å². The second kappa shape index (κ2) is 8.38. The largest absolute Gasteiger partial charge is 0.341 e. The molecule has 0 atom stereocenters. The summed E-state index contributed by atoms with van der Waals surface area (Å²) in [4.78, 5) is 23.3. The third-order valence-electron chi connectivity index (χ3n) is 2.99. The fraction of sp³-hybridized carbons (Fsp3) is 0.0588. The third kappa shape index (κ3) is 5.30. The number of halogens is 2. The zero-order valence-electron chi connectivity index (χ0n) is 12.8. The van der Waals surface area contributed by atoms with Crippen LogP contribution in [0.3, 0.4) is 0 Å². The molecule has 2 rings (SSSR count). The van der Waals surface area contributed by atoms with Gasteiger partial charge in [0.2, 0.25) is 5.91 Å². The van der Waals surface area contributed by atoms with Crippen LogP contribution < -0.4 is 16.0 Å². The number of anilines is 2. The number of carbonyl (C=O) groups is 2. The van der Waals surface area contributed by atoms with Crippen molar-refractivity contribution in [2.24, 2.45) is 0 Å². The zero-order valence-corrected chi connectivity index (χ0v) is 14.3. The number of hydrogen-bond donors (Lipinski definition) is 3. The summed E-state index contributed by atoms with van der Waals surface area (Å²) in [6.07, 6.45) is 3.02. The molecule has 2 aromatic carbocycles. The Balaban J connectivity index is 2.01. The minimum atomic E-state index is -0.335. The molecule has 0 aromatic heterocycles. The molecular weight excluding hydrogens is 349 g/mol. The van der Waals surface area contributed by atoms with Crippen LogP contribution in [-0.2, 0) is 4.79 Å². The molecule has 0 aliphatic carbocycles. The van der Waals surface area contributed by atoms with Crippen LogP contribution in [0.25, 0.3) is 6.08 Å². The molecular formula is C17H15Cl2N3O2. The predicted octanol–water partition coefficient (Wildman–Crippen LogP) is 4.40. The number of amides is 3. The van der Waals surface area contributed by atoms with E-state index in [1.54, 1.807) is 48.5 Å². The molecule has 0 saturated heterocycles. The first-order chi connectivity index (χ1) is 11.5. The maximum Gasteiger partial charge on any atom is 0.318 e. The lowest BCUT2D eigenvalue weighted by Crippen LogP contribution is -2.24. The maximum absolute atomic E-state index is 12.0. The number of hydrogen-bond acceptors (Lipinski definition) is 2. The van der Waals surface area contributed by atoms with Crippen molar-refractivity contribution >= 4 is 52.6 Å². The lowest BCUT2D eigenvalue weighted by atomic mass is 10.2. The Morgan fingerprint density at radius 3 is 2.33 bits per heavy atom. The molecule has 0 unspecified atom stereocenters. The molecule has 0 saturated carbocycles. The van der Waals surface area contributed by atoms with Crippen molar-refractivity contribution in [2.45, 2.75) is 0 Å². The number of nitrogens with one attached hydrogen (secondary N) is 3. The van der Waals surface area contributed by atoms with Crippen molar-refractivity contribution in [2.75, 3.05) is 17.7 Å². The summed E-state index contributed by atoms with van der Waals surface area (Å²) < 4.78 is 0. The van der Waals surface area contributed by atoms with E-state index in [-0.39, 0.29) is 11.9 Å². The molecule has 0 aliphatic heterocycles. The Morgan fingerprint density at radius 1 is 0.958 bits per heavy atom. The highest BCUT2D eigenvalue weighted by Gasteiger charge is 2.02. The van der Waals surface area contributed by atoms with Crippen molar-refractivity contribution in [3.8, 4) is 0 Å². The molecule has 0 fully saturated rings. The predicted molar refractivity (Wildman–Crippen MR) is 98.6 cm³/mol. The normalized spacial score (nSPS) is 10.5. The lowest BCUT2D eigenvalue weighted by Gasteiger charge is -2.07. The first-order valence-electron chi connectivity index (χ1n) is 7.01. The van der Waals surface area contributed by atoms with E-state index in [1.165, 1.54) is 13.1 Å². The fourth-order valence-electron chi connectivity index (χ4n) is 1.84. The molecule has 2 aromatic rings. The Hall–Kier alpha value is -2.50. The SMILES string of the molecule is CNC(=O)Nc1cccc(NC(=O)/C=C/c2ccc(Cl)c(Cl)c2)c1. The molecule has 0 radical (unpaired) electrons. The number of rotatable bonds is 4. The molecule has 5 nitrogen and oxygen atoms in total. The number of benzene rings is 2. The van der Waals surface area contributed by atoms with Gasteiger partial charge in [-0.3, -0.25) is 4.79 Å². The summed E-state index contributed by atoms with van der Waals surface area (Å²) in [5.41, 5.74) is 1.89. The van der Waals surface area contributed by atoms with Crippen LogP contribution >= 0.6 is 23.2 Å². The Kier molecular flexibility index (Phi) is 6.23. The second-order valence-corrected chi connectivity index (χ2v) is 5.60. The van der Waals surface area contributed by atoms with Gasteiger partial charge in [0.1, 0.15) is 0 Å². The summed E-state index contributed by atoms with van der Waals surface area (Å²) in [5.74, 6) is -0.307. The summed E-state index contributed by atoms with van der Waals surface area (Å²) in [7, 11) is 1.52. The van der Waals surface area contributed by atoms with Gasteiger partial charge in [0, 0.05) is 24.5 Å². The van der Waals surface area contributed by atoms with Crippen molar-refractivity contribution in [1.29, 1.82) is 0 Å². The summed E-state index contributed by atoms with van der Waals surface area (Å²) >= 11 is 11.8. The van der Waals surface area contributed by atoms with Crippen LogP contribution in [0.15, 0.2) is 48.5 Å². The van der Waals surface area contributed by atoms with Gasteiger partial charge in [0.15, 0.2) is 0 Å². The van der Waals surface area contributed by atoms with Crippen LogP contribution in [0.5, 0.6) is 0 Å². The quantitative estimate of drug-likeness (QED) is 0.704. The van der Waals surface area contributed by atoms with E-state index >= 15 is 0 Å². The van der Waals surface area contributed by atoms with Crippen LogP contribution in [0, 0.1) is 0 Å². The van der Waals surface area contributed by atoms with Crippen molar-refractivity contribution < 1.29 is 9.59 Å². The smallest absolute Gasteiger partial charge is 0.318 e. The minimum absolute atomic E-state index is 0.307. The standard InChI is InChI=1S/C17H15Cl2N3O2/c1-20-17(24)22-13-4-2-3-12(10-13)21-16(23)8-6-11-5-7-14(18)15(19)9-11/h2-10H,1H3,(H,21,23)(H2,20,22,24)/b8-6+. The molecule has 0 spiro atoms. The molecule has 0 heterocycles. The van der Waals surface area contributed by atoms with Crippen LogP contribution in [-0.4, -0.2) is 19.0 Å². The highest BCUT2D eigenvalue weighted by molar-refractivity contribution is 6.42. The Bertz CT molecular complexity index is 791. The Morgan fingerprint density at radius 2 is 1.67 bits per heavy atom. The molecule has 0 aliphatic rings. The Labute approximate surface area is 149 Å². The van der Waals surface area contributed by atoms with Gasteiger partial charge in [-0.2, -0.15) is 0 Å². The molecule has 3 N–H and O–H groups in total. The van der Waals surface area contributed by atoms with E-state index in [4.69, 9.17) is 23.2 Å². The average molecular weight is 364 g/mol. The van der Waals surface area contributed by atoms with Gasteiger partial charge in [0.05, 0.1) is 10.0 Å². The first kappa shape index (κ1) is 17.8. The van der Waals surface area contributed by atoms with E-state index < -0.39 is 0 Å². The number of carbonyl (C=O) groups excluding carboxylic acids is 2. The summed E-state index contributed by atoms with van der Waals surface area (Å²) in [5, 5.41) is 8.67. The fourth-order valence-corrected chi connectivity index (χ4v) is 2.15. The molecule has 0 bridgehead atoms. The number of urea groups is 1. The van der Waals surface area contributed by atoms with Crippen LogP contribution in [0.4, 0.5) is 16.2 Å². The summed E-state index contributed by atoms with van der Waals surface area (Å²) in [6.45, 7) is 0. The van der Waals surface area contributed by atoms with Gasteiger partial charge in [-0.05, 0) is 42.0 Å². The zero-order chi connectivity index (χ0) is 17.5. The second-order valence-electron chi connectivity index (χ2n) is 4.78. The topological polar surface area (TPSA) is 70.2 Å². The minimum Gasteiger partial charge on any atom is -0.341 e. The average Bonchev–Trinajstić information content (AvgIpc) is 2.56. The first-order valence-corrected chi connectivity index (χ1v) is 7.76. The van der Waals surface area contributed by atoms with Gasteiger partial charge in [-0.1, -0.05) is 35.3 Å². The molecule has 124 valence electrons. The third-order valence-corrected chi connectivity index (χ3v) is 3.72. The van der Waals surface area contributed by atoms with Gasteiger partial charge >= 0.3 is 6.03 Å². The van der Waals surface area contributed by atoms with Crippen molar-refractivity contribution in [1.82, 2.24) is 5.32 Å². The highest BCUT2D eigenvalue weighted by Crippen LogP contribution is 2.23.